The lowest BCUT2D eigenvalue weighted by Gasteiger charge is -2.17. The van der Waals surface area contributed by atoms with E-state index in [1.165, 1.54) is 0 Å². The topological polar surface area (TPSA) is 32.3 Å². The normalized spacial score (nSPS) is 10.4. The maximum atomic E-state index is 11.8. The van der Waals surface area contributed by atoms with Crippen LogP contribution in [-0.4, -0.2) is 7.11 Å². The van der Waals surface area contributed by atoms with Gasteiger partial charge >= 0.3 is 0 Å². The molecule has 0 aliphatic heterocycles. The van der Waals surface area contributed by atoms with E-state index >= 15 is 0 Å². The summed E-state index contributed by atoms with van der Waals surface area (Å²) in [6.07, 6.45) is 0. The molecule has 0 N–H and O–H groups in total. The highest BCUT2D eigenvalue weighted by Gasteiger charge is 2.02. The highest BCUT2D eigenvalue weighted by atomic mass is 16.5. The highest BCUT2D eigenvalue weighted by molar-refractivity contribution is 5.90. The summed E-state index contributed by atoms with van der Waals surface area (Å²) in [6.45, 7) is 1.79. The lowest BCUT2D eigenvalue weighted by molar-refractivity contribution is -0.266. The summed E-state index contributed by atoms with van der Waals surface area (Å²) in [5.74, 6) is 0.716. The SMILES string of the molecule is COc1cc2ccccc2c([O-])c1C. The van der Waals surface area contributed by atoms with Crippen LogP contribution in [-0.2, 0) is 0 Å². The van der Waals surface area contributed by atoms with Crippen molar-refractivity contribution in [2.24, 2.45) is 0 Å². The molecule has 2 nitrogen and oxygen atoms in total. The van der Waals surface area contributed by atoms with Crippen LogP contribution >= 0.6 is 0 Å². The van der Waals surface area contributed by atoms with Crippen LogP contribution in [0.5, 0.6) is 11.5 Å². The highest BCUT2D eigenvalue weighted by Crippen LogP contribution is 2.32. The first-order valence-electron chi connectivity index (χ1n) is 4.47. The van der Waals surface area contributed by atoms with E-state index in [4.69, 9.17) is 4.74 Å². The largest absolute Gasteiger partial charge is 0.872 e. The minimum Gasteiger partial charge on any atom is -0.872 e. The summed E-state index contributed by atoms with van der Waals surface area (Å²) in [4.78, 5) is 0. The molecule has 0 aromatic heterocycles. The predicted octanol–water partition coefficient (Wildman–Crippen LogP) is 2.23. The lowest BCUT2D eigenvalue weighted by atomic mass is 10.1. The monoisotopic (exact) mass is 187 g/mol. The van der Waals surface area contributed by atoms with Crippen molar-refractivity contribution in [2.75, 3.05) is 7.11 Å². The van der Waals surface area contributed by atoms with Gasteiger partial charge in [-0.05, 0) is 29.3 Å². The van der Waals surface area contributed by atoms with Crippen molar-refractivity contribution < 1.29 is 9.84 Å². The van der Waals surface area contributed by atoms with E-state index < -0.39 is 0 Å². The molecule has 2 rings (SSSR count). The molecule has 0 aliphatic rings. The number of rotatable bonds is 1. The lowest BCUT2D eigenvalue weighted by Crippen LogP contribution is -1.97. The molecule has 0 bridgehead atoms. The van der Waals surface area contributed by atoms with Gasteiger partial charge in [0.15, 0.2) is 0 Å². The van der Waals surface area contributed by atoms with Crippen LogP contribution in [0.4, 0.5) is 0 Å². The van der Waals surface area contributed by atoms with E-state index in [0.29, 0.717) is 11.3 Å². The molecule has 0 aliphatic carbocycles. The summed E-state index contributed by atoms with van der Waals surface area (Å²) < 4.78 is 5.13. The standard InChI is InChI=1S/C12H12O2/c1-8-11(14-2)7-9-5-3-4-6-10(9)12(8)13/h3-7,13H,1-2H3/p-1. The van der Waals surface area contributed by atoms with E-state index in [9.17, 15) is 5.11 Å². The zero-order valence-corrected chi connectivity index (χ0v) is 8.20. The van der Waals surface area contributed by atoms with Gasteiger partial charge < -0.3 is 9.84 Å². The molecule has 0 unspecified atom stereocenters. The van der Waals surface area contributed by atoms with E-state index in [0.717, 1.165) is 10.8 Å². The summed E-state index contributed by atoms with van der Waals surface area (Å²) in [7, 11) is 1.58. The van der Waals surface area contributed by atoms with Crippen LogP contribution in [0.3, 0.4) is 0 Å². The van der Waals surface area contributed by atoms with Crippen LogP contribution in [0.2, 0.25) is 0 Å². The van der Waals surface area contributed by atoms with Crippen molar-refractivity contribution in [1.29, 1.82) is 0 Å². The first-order chi connectivity index (χ1) is 6.74. The average Bonchev–Trinajstić information content (AvgIpc) is 2.23. The molecule has 2 aromatic carbocycles. The number of hydrogen-bond donors (Lipinski definition) is 0. The van der Waals surface area contributed by atoms with Crippen molar-refractivity contribution in [3.63, 3.8) is 0 Å². The molecule has 0 radical (unpaired) electrons. The maximum Gasteiger partial charge on any atom is 0.121 e. The Morgan fingerprint density at radius 2 is 1.93 bits per heavy atom. The molecule has 0 saturated heterocycles. The summed E-state index contributed by atoms with van der Waals surface area (Å²) in [5, 5.41) is 13.5. The minimum atomic E-state index is 0.0555. The molecule has 0 saturated carbocycles. The van der Waals surface area contributed by atoms with E-state index in [1.54, 1.807) is 14.0 Å². The molecule has 0 atom stereocenters. The van der Waals surface area contributed by atoms with Gasteiger partial charge in [-0.1, -0.05) is 30.0 Å². The average molecular weight is 187 g/mol. The Labute approximate surface area is 82.8 Å². The molecule has 14 heavy (non-hydrogen) atoms. The third kappa shape index (κ3) is 1.20. The van der Waals surface area contributed by atoms with Gasteiger partial charge in [-0.2, -0.15) is 0 Å². The molecular formula is C12H11O2-. The molecule has 0 heterocycles. The van der Waals surface area contributed by atoms with Gasteiger partial charge in [-0.15, -0.1) is 0 Å². The van der Waals surface area contributed by atoms with Crippen LogP contribution in [0.1, 0.15) is 5.56 Å². The van der Waals surface area contributed by atoms with Gasteiger partial charge in [0.1, 0.15) is 5.75 Å². The van der Waals surface area contributed by atoms with Crippen molar-refractivity contribution in [3.8, 4) is 11.5 Å². The quantitative estimate of drug-likeness (QED) is 0.685. The number of benzene rings is 2. The second-order valence-electron chi connectivity index (χ2n) is 3.25. The summed E-state index contributed by atoms with van der Waals surface area (Å²) >= 11 is 0. The molecule has 0 spiro atoms. The third-order valence-electron chi connectivity index (χ3n) is 2.42. The van der Waals surface area contributed by atoms with Crippen LogP contribution in [0, 0.1) is 6.92 Å². The number of methoxy groups -OCH3 is 1. The second-order valence-corrected chi connectivity index (χ2v) is 3.25. The Morgan fingerprint density at radius 1 is 1.21 bits per heavy atom. The Morgan fingerprint density at radius 3 is 2.64 bits per heavy atom. The van der Waals surface area contributed by atoms with Crippen molar-refractivity contribution in [3.05, 3.63) is 35.9 Å². The third-order valence-corrected chi connectivity index (χ3v) is 2.42. The fourth-order valence-electron chi connectivity index (χ4n) is 1.61. The molecule has 0 amide bonds. The van der Waals surface area contributed by atoms with Crippen molar-refractivity contribution in [1.82, 2.24) is 0 Å². The summed E-state index contributed by atoms with van der Waals surface area (Å²) in [5.41, 5.74) is 0.672. The Hall–Kier alpha value is -1.70. The van der Waals surface area contributed by atoms with Gasteiger partial charge in [0.05, 0.1) is 7.11 Å². The molecule has 0 fully saturated rings. The fourth-order valence-corrected chi connectivity index (χ4v) is 1.61. The Balaban J connectivity index is 2.85. The smallest absolute Gasteiger partial charge is 0.121 e. The first kappa shape index (κ1) is 8.88. The Bertz CT molecular complexity index is 475. The summed E-state index contributed by atoms with van der Waals surface area (Å²) in [6, 6.07) is 9.43. The molecule has 2 aromatic rings. The fraction of sp³-hybridized carbons (Fsp3) is 0.167. The number of hydrogen-bond acceptors (Lipinski definition) is 2. The van der Waals surface area contributed by atoms with Crippen LogP contribution in [0.15, 0.2) is 30.3 Å². The van der Waals surface area contributed by atoms with Gasteiger partial charge in [-0.25, -0.2) is 0 Å². The van der Waals surface area contributed by atoms with E-state index in [2.05, 4.69) is 0 Å². The van der Waals surface area contributed by atoms with Crippen LogP contribution < -0.4 is 9.84 Å². The maximum absolute atomic E-state index is 11.8. The number of fused-ring (bicyclic) bond motifs is 1. The first-order valence-corrected chi connectivity index (χ1v) is 4.47. The predicted molar refractivity (Wildman–Crippen MR) is 54.7 cm³/mol. The van der Waals surface area contributed by atoms with Gasteiger partial charge in [0, 0.05) is 0 Å². The zero-order chi connectivity index (χ0) is 10.1. The zero-order valence-electron chi connectivity index (χ0n) is 8.20. The molecular weight excluding hydrogens is 176 g/mol. The van der Waals surface area contributed by atoms with Crippen LogP contribution in [0.25, 0.3) is 10.8 Å². The van der Waals surface area contributed by atoms with E-state index in [1.807, 2.05) is 30.3 Å². The minimum absolute atomic E-state index is 0.0555. The van der Waals surface area contributed by atoms with Crippen molar-refractivity contribution in [2.45, 2.75) is 6.92 Å². The Kier molecular flexibility index (Phi) is 2.04. The van der Waals surface area contributed by atoms with Gasteiger partial charge in [0.25, 0.3) is 0 Å². The second kappa shape index (κ2) is 3.22. The molecule has 2 heteroatoms. The molecule has 72 valence electrons. The van der Waals surface area contributed by atoms with Gasteiger partial charge in [0.2, 0.25) is 0 Å². The van der Waals surface area contributed by atoms with Gasteiger partial charge in [-0.3, -0.25) is 0 Å². The van der Waals surface area contributed by atoms with Crippen molar-refractivity contribution >= 4 is 10.8 Å². The number of ether oxygens (including phenoxy) is 1. The van der Waals surface area contributed by atoms with E-state index in [-0.39, 0.29) is 5.75 Å².